The first-order valence-electron chi connectivity index (χ1n) is 9.37. The molecular weight excluding hydrogens is 400 g/mol. The number of nitrogens with one attached hydrogen (secondary N) is 1. The van der Waals surface area contributed by atoms with Crippen LogP contribution in [-0.4, -0.2) is 36.4 Å². The summed E-state index contributed by atoms with van der Waals surface area (Å²) < 4.78 is 16.4. The van der Waals surface area contributed by atoms with Gasteiger partial charge in [-0.1, -0.05) is 17.3 Å². The zero-order valence-corrected chi connectivity index (χ0v) is 17.6. The maximum absolute atomic E-state index is 12.4. The van der Waals surface area contributed by atoms with Crippen molar-refractivity contribution < 1.29 is 28.7 Å². The number of methoxy groups -OCH3 is 2. The molecular formula is C23H22N2O6. The van der Waals surface area contributed by atoms with Crippen LogP contribution in [0.15, 0.2) is 47.0 Å². The minimum Gasteiger partial charge on any atom is -0.496 e. The summed E-state index contributed by atoms with van der Waals surface area (Å²) in [7, 11) is 3.08. The molecule has 8 nitrogen and oxygen atoms in total. The smallest absolute Gasteiger partial charge is 0.337 e. The highest BCUT2D eigenvalue weighted by Crippen LogP contribution is 2.43. The lowest BCUT2D eigenvalue weighted by Crippen LogP contribution is -2.11. The molecule has 0 saturated carbocycles. The largest absolute Gasteiger partial charge is 0.496 e. The van der Waals surface area contributed by atoms with Gasteiger partial charge in [0.1, 0.15) is 17.3 Å². The van der Waals surface area contributed by atoms with Crippen molar-refractivity contribution in [3.05, 3.63) is 65.1 Å². The predicted octanol–water partition coefficient (Wildman–Crippen LogP) is 4.33. The highest BCUT2D eigenvalue weighted by molar-refractivity contribution is 6.06. The van der Waals surface area contributed by atoms with E-state index >= 15 is 0 Å². The molecule has 0 bridgehead atoms. The first-order chi connectivity index (χ1) is 14.9. The van der Waals surface area contributed by atoms with E-state index in [1.807, 2.05) is 6.92 Å². The molecule has 3 aromatic rings. The van der Waals surface area contributed by atoms with Crippen molar-refractivity contribution in [2.24, 2.45) is 0 Å². The second-order valence-corrected chi connectivity index (χ2v) is 6.64. The molecule has 0 aliphatic heterocycles. The lowest BCUT2D eigenvalue weighted by Gasteiger charge is -2.15. The number of hydrogen-bond donors (Lipinski definition) is 2. The molecule has 0 unspecified atom stereocenters. The lowest BCUT2D eigenvalue weighted by atomic mass is 9.98. The van der Waals surface area contributed by atoms with E-state index in [0.29, 0.717) is 34.1 Å². The molecule has 160 valence electrons. The van der Waals surface area contributed by atoms with Crippen LogP contribution in [0.3, 0.4) is 0 Å². The van der Waals surface area contributed by atoms with Gasteiger partial charge in [-0.05, 0) is 44.2 Å². The molecule has 0 aliphatic carbocycles. The molecule has 1 aromatic heterocycles. The molecule has 0 aliphatic rings. The number of aromatic carboxylic acids is 1. The second-order valence-electron chi connectivity index (χ2n) is 6.64. The van der Waals surface area contributed by atoms with Gasteiger partial charge in [0.15, 0.2) is 0 Å². The molecule has 0 fully saturated rings. The van der Waals surface area contributed by atoms with Crippen LogP contribution in [0.5, 0.6) is 11.5 Å². The van der Waals surface area contributed by atoms with E-state index in [4.69, 9.17) is 14.0 Å². The number of aryl methyl sites for hydroxylation is 2. The average molecular weight is 422 g/mol. The Kier molecular flexibility index (Phi) is 6.40. The number of carboxylic acids is 1. The molecule has 0 atom stereocenters. The van der Waals surface area contributed by atoms with E-state index in [9.17, 15) is 14.7 Å². The number of carboxylic acid groups (broad SMARTS) is 1. The van der Waals surface area contributed by atoms with Gasteiger partial charge in [-0.2, -0.15) is 0 Å². The molecule has 0 spiro atoms. The Morgan fingerprint density at radius 2 is 1.81 bits per heavy atom. The molecule has 8 heteroatoms. The maximum Gasteiger partial charge on any atom is 0.337 e. The van der Waals surface area contributed by atoms with E-state index in [2.05, 4.69) is 10.5 Å². The zero-order chi connectivity index (χ0) is 22.5. The zero-order valence-electron chi connectivity index (χ0n) is 17.6. The first-order valence-corrected chi connectivity index (χ1v) is 9.37. The van der Waals surface area contributed by atoms with Gasteiger partial charge in [-0.15, -0.1) is 0 Å². The van der Waals surface area contributed by atoms with E-state index in [0.717, 1.165) is 5.56 Å². The summed E-state index contributed by atoms with van der Waals surface area (Å²) in [5.41, 5.74) is 2.94. The predicted molar refractivity (Wildman–Crippen MR) is 116 cm³/mol. The quantitative estimate of drug-likeness (QED) is 0.545. The number of hydrogen-bond acceptors (Lipinski definition) is 6. The minimum absolute atomic E-state index is 0.00646. The first kappa shape index (κ1) is 21.6. The summed E-state index contributed by atoms with van der Waals surface area (Å²) in [5.74, 6) is 0.0662. The van der Waals surface area contributed by atoms with Gasteiger partial charge in [0.2, 0.25) is 5.91 Å². The van der Waals surface area contributed by atoms with Crippen LogP contribution >= 0.6 is 0 Å². The third-order valence-corrected chi connectivity index (χ3v) is 4.69. The summed E-state index contributed by atoms with van der Waals surface area (Å²) in [4.78, 5) is 23.7. The average Bonchev–Trinajstić information content (AvgIpc) is 3.09. The van der Waals surface area contributed by atoms with Gasteiger partial charge in [0.05, 0.1) is 42.3 Å². The van der Waals surface area contributed by atoms with Crippen molar-refractivity contribution >= 4 is 23.6 Å². The van der Waals surface area contributed by atoms with Crippen LogP contribution < -0.4 is 14.8 Å². The second kappa shape index (κ2) is 9.17. The third kappa shape index (κ3) is 4.42. The van der Waals surface area contributed by atoms with Gasteiger partial charge in [0, 0.05) is 11.6 Å². The number of carbonyl (C=O) groups is 2. The van der Waals surface area contributed by atoms with Crippen LogP contribution in [-0.2, 0) is 4.79 Å². The minimum atomic E-state index is -1.12. The molecule has 0 saturated heterocycles. The number of aromatic nitrogens is 1. The van der Waals surface area contributed by atoms with Gasteiger partial charge in [-0.3, -0.25) is 4.79 Å². The van der Waals surface area contributed by atoms with E-state index in [-0.39, 0.29) is 11.3 Å². The Hall–Kier alpha value is -4.07. The standard InChI is InChI=1S/C23H22N2O6/c1-13-20(14(2)31-25-13)21-18(29-3)11-9-15(22(21)30-4)10-12-19(26)24-17-8-6-5-7-16(17)23(27)28/h5-12H,1-4H3,(H,24,26)(H,27,28)/b12-10+. The lowest BCUT2D eigenvalue weighted by molar-refractivity contribution is -0.111. The number of rotatable bonds is 7. The Balaban J connectivity index is 1.97. The Morgan fingerprint density at radius 3 is 2.42 bits per heavy atom. The van der Waals surface area contributed by atoms with E-state index < -0.39 is 11.9 Å². The van der Waals surface area contributed by atoms with Crippen molar-refractivity contribution in [1.29, 1.82) is 0 Å². The van der Waals surface area contributed by atoms with Crippen LogP contribution in [0.25, 0.3) is 17.2 Å². The van der Waals surface area contributed by atoms with Gasteiger partial charge < -0.3 is 24.4 Å². The number of ether oxygens (including phenoxy) is 2. The molecule has 31 heavy (non-hydrogen) atoms. The van der Waals surface area contributed by atoms with Crippen LogP contribution in [0.1, 0.15) is 27.4 Å². The summed E-state index contributed by atoms with van der Waals surface area (Å²) in [5, 5.41) is 15.8. The summed E-state index contributed by atoms with van der Waals surface area (Å²) in [6.45, 7) is 3.62. The van der Waals surface area contributed by atoms with Crippen molar-refractivity contribution in [1.82, 2.24) is 5.16 Å². The summed E-state index contributed by atoms with van der Waals surface area (Å²) >= 11 is 0. The van der Waals surface area contributed by atoms with Crippen molar-refractivity contribution in [2.75, 3.05) is 19.5 Å². The monoisotopic (exact) mass is 422 g/mol. The third-order valence-electron chi connectivity index (χ3n) is 4.69. The topological polar surface area (TPSA) is 111 Å². The molecule has 3 rings (SSSR count). The maximum atomic E-state index is 12.4. The highest BCUT2D eigenvalue weighted by atomic mass is 16.5. The van der Waals surface area contributed by atoms with Gasteiger partial charge >= 0.3 is 5.97 Å². The number of para-hydroxylation sites is 1. The van der Waals surface area contributed by atoms with Crippen molar-refractivity contribution in [2.45, 2.75) is 13.8 Å². The van der Waals surface area contributed by atoms with Crippen LogP contribution in [0.2, 0.25) is 0 Å². The van der Waals surface area contributed by atoms with Crippen LogP contribution in [0.4, 0.5) is 5.69 Å². The molecule has 1 heterocycles. The summed E-state index contributed by atoms with van der Waals surface area (Å²) in [6.07, 6.45) is 2.89. The van der Waals surface area contributed by atoms with Crippen molar-refractivity contribution in [3.8, 4) is 22.6 Å². The number of carbonyl (C=O) groups excluding carboxylic acids is 1. The van der Waals surface area contributed by atoms with E-state index in [1.165, 1.54) is 25.3 Å². The SMILES string of the molecule is COc1ccc(/C=C/C(=O)Nc2ccccc2C(=O)O)c(OC)c1-c1c(C)noc1C. The van der Waals surface area contributed by atoms with Crippen LogP contribution in [0, 0.1) is 13.8 Å². The fourth-order valence-corrected chi connectivity index (χ4v) is 3.30. The molecule has 0 radical (unpaired) electrons. The fraction of sp³-hybridized carbons (Fsp3) is 0.174. The Labute approximate surface area is 179 Å². The molecule has 2 aromatic carbocycles. The number of benzene rings is 2. The van der Waals surface area contributed by atoms with Gasteiger partial charge in [0.25, 0.3) is 0 Å². The number of nitrogens with zero attached hydrogens (tertiary/aromatic N) is 1. The fourth-order valence-electron chi connectivity index (χ4n) is 3.30. The Morgan fingerprint density at radius 1 is 1.06 bits per heavy atom. The number of amides is 1. The normalized spacial score (nSPS) is 10.8. The van der Waals surface area contributed by atoms with Crippen molar-refractivity contribution in [3.63, 3.8) is 0 Å². The number of anilines is 1. The Bertz CT molecular complexity index is 1140. The highest BCUT2D eigenvalue weighted by Gasteiger charge is 2.22. The van der Waals surface area contributed by atoms with Gasteiger partial charge in [-0.25, -0.2) is 4.79 Å². The summed E-state index contributed by atoms with van der Waals surface area (Å²) in [6, 6.07) is 9.71. The van der Waals surface area contributed by atoms with E-state index in [1.54, 1.807) is 44.4 Å². The molecule has 2 N–H and O–H groups in total. The molecule has 1 amide bonds.